The molecule has 0 aliphatic carbocycles. The van der Waals surface area contributed by atoms with Crippen LogP contribution in [0.25, 0.3) is 0 Å². The summed E-state index contributed by atoms with van der Waals surface area (Å²) in [4.78, 5) is 3.83. The topological polar surface area (TPSA) is 24.4 Å². The van der Waals surface area contributed by atoms with Gasteiger partial charge in [0.25, 0.3) is 0 Å². The molecule has 2 heteroatoms. The number of allylic oxidation sites excluding steroid dienone is 2. The van der Waals surface area contributed by atoms with Gasteiger partial charge in [-0.1, -0.05) is 19.9 Å². The smallest absolute Gasteiger partial charge is 0.0861 e. The third-order valence-electron chi connectivity index (χ3n) is 1.29. The van der Waals surface area contributed by atoms with Crippen LogP contribution >= 0.6 is 0 Å². The lowest BCUT2D eigenvalue weighted by Crippen LogP contribution is -2.14. The molecule has 0 aromatic carbocycles. The molecule has 0 atom stereocenters. The number of nitrogens with zero attached hydrogens (tertiary/aromatic N) is 1. The van der Waals surface area contributed by atoms with E-state index < -0.39 is 0 Å². The summed E-state index contributed by atoms with van der Waals surface area (Å²) in [6, 6.07) is 0. The fourth-order valence-electron chi connectivity index (χ4n) is 0.722. The molecule has 0 saturated heterocycles. The maximum Gasteiger partial charge on any atom is 0.0861 e. The van der Waals surface area contributed by atoms with Crippen molar-refractivity contribution >= 4 is 6.34 Å². The van der Waals surface area contributed by atoms with Crippen LogP contribution in [0.4, 0.5) is 0 Å². The van der Waals surface area contributed by atoms with Crippen molar-refractivity contribution in [3.8, 4) is 0 Å². The van der Waals surface area contributed by atoms with Gasteiger partial charge < -0.3 is 5.32 Å². The van der Waals surface area contributed by atoms with Crippen LogP contribution in [0.2, 0.25) is 0 Å². The fourth-order valence-corrected chi connectivity index (χ4v) is 0.722. The molecule has 0 bridgehead atoms. The molecule has 10 heavy (non-hydrogen) atoms. The molecule has 0 aromatic heterocycles. The summed E-state index contributed by atoms with van der Waals surface area (Å²) in [5.74, 6) is 0.544. The summed E-state index contributed by atoms with van der Waals surface area (Å²) in [5, 5.41) is 3.09. The third-order valence-corrected chi connectivity index (χ3v) is 1.29. The average Bonchev–Trinajstić information content (AvgIpc) is 1.89. The summed E-state index contributed by atoms with van der Waals surface area (Å²) in [6.45, 7) is 6.31. The minimum Gasteiger partial charge on any atom is -0.350 e. The van der Waals surface area contributed by atoms with Gasteiger partial charge in [-0.2, -0.15) is 0 Å². The number of aliphatic imine (C=N–C) groups is 1. The summed E-state index contributed by atoms with van der Waals surface area (Å²) in [5.41, 5.74) is 1.21. The predicted molar refractivity (Wildman–Crippen MR) is 46.1 cm³/mol. The molecule has 0 saturated carbocycles. The molecule has 2 nitrogen and oxygen atoms in total. The van der Waals surface area contributed by atoms with Gasteiger partial charge >= 0.3 is 0 Å². The van der Waals surface area contributed by atoms with E-state index in [4.69, 9.17) is 0 Å². The van der Waals surface area contributed by atoms with Crippen molar-refractivity contribution in [1.82, 2.24) is 5.32 Å². The number of nitrogens with one attached hydrogen (secondary N) is 1. The Morgan fingerprint density at radius 3 is 2.40 bits per heavy atom. The van der Waals surface area contributed by atoms with Crippen molar-refractivity contribution < 1.29 is 0 Å². The lowest BCUT2D eigenvalue weighted by Gasteiger charge is -2.08. The third kappa shape index (κ3) is 3.28. The molecule has 0 radical (unpaired) electrons. The van der Waals surface area contributed by atoms with Crippen molar-refractivity contribution in [2.24, 2.45) is 10.9 Å². The monoisotopic (exact) mass is 140 g/mol. The van der Waals surface area contributed by atoms with E-state index in [0.29, 0.717) is 5.92 Å². The summed E-state index contributed by atoms with van der Waals surface area (Å²) in [6.07, 6.45) is 3.77. The average molecular weight is 140 g/mol. The first-order valence-corrected chi connectivity index (χ1v) is 3.55. The first-order chi connectivity index (χ1) is 4.72. The SMILES string of the molecule is C/C=C(\NC=NC)C(C)C. The molecular formula is C8H16N2. The lowest BCUT2D eigenvalue weighted by atomic mass is 10.1. The maximum absolute atomic E-state index is 3.83. The van der Waals surface area contributed by atoms with Crippen LogP contribution in [-0.2, 0) is 0 Å². The first kappa shape index (κ1) is 9.21. The zero-order chi connectivity index (χ0) is 7.98. The van der Waals surface area contributed by atoms with Gasteiger partial charge in [-0.25, -0.2) is 0 Å². The Bertz CT molecular complexity index is 134. The lowest BCUT2D eigenvalue weighted by molar-refractivity contribution is 0.727. The second-order valence-electron chi connectivity index (χ2n) is 2.43. The van der Waals surface area contributed by atoms with E-state index in [0.717, 1.165) is 0 Å². The molecule has 0 rings (SSSR count). The molecule has 0 aliphatic rings. The van der Waals surface area contributed by atoms with E-state index in [2.05, 4.69) is 30.2 Å². The molecule has 0 heterocycles. The van der Waals surface area contributed by atoms with Crippen LogP contribution in [0.3, 0.4) is 0 Å². The van der Waals surface area contributed by atoms with Crippen molar-refractivity contribution in [3.63, 3.8) is 0 Å². The van der Waals surface area contributed by atoms with Crippen LogP contribution in [0.15, 0.2) is 16.8 Å². The van der Waals surface area contributed by atoms with Crippen LogP contribution in [0, 0.1) is 5.92 Å². The Morgan fingerprint density at radius 1 is 1.50 bits per heavy atom. The summed E-state index contributed by atoms with van der Waals surface area (Å²) < 4.78 is 0. The van der Waals surface area contributed by atoms with Gasteiger partial charge in [-0.05, 0) is 12.8 Å². The highest BCUT2D eigenvalue weighted by atomic mass is 14.9. The highest BCUT2D eigenvalue weighted by molar-refractivity contribution is 5.57. The van der Waals surface area contributed by atoms with Crippen molar-refractivity contribution in [1.29, 1.82) is 0 Å². The molecule has 0 amide bonds. The maximum atomic E-state index is 3.83. The minimum absolute atomic E-state index is 0.544. The normalized spacial score (nSPS) is 13.1. The van der Waals surface area contributed by atoms with E-state index in [1.807, 2.05) is 6.92 Å². The van der Waals surface area contributed by atoms with Crippen molar-refractivity contribution in [2.75, 3.05) is 7.05 Å². The molecule has 0 unspecified atom stereocenters. The Balaban J connectivity index is 3.86. The van der Waals surface area contributed by atoms with Crippen molar-refractivity contribution in [3.05, 3.63) is 11.8 Å². The predicted octanol–water partition coefficient (Wildman–Crippen LogP) is 1.79. The molecule has 0 spiro atoms. The van der Waals surface area contributed by atoms with Crippen LogP contribution < -0.4 is 5.32 Å². The number of rotatable bonds is 3. The van der Waals surface area contributed by atoms with Gasteiger partial charge in [0.2, 0.25) is 0 Å². The van der Waals surface area contributed by atoms with E-state index in [-0.39, 0.29) is 0 Å². The highest BCUT2D eigenvalue weighted by Gasteiger charge is 1.96. The molecular weight excluding hydrogens is 124 g/mol. The van der Waals surface area contributed by atoms with Crippen LogP contribution in [-0.4, -0.2) is 13.4 Å². The molecule has 0 aromatic rings. The second-order valence-corrected chi connectivity index (χ2v) is 2.43. The molecule has 1 N–H and O–H groups in total. The Labute approximate surface area is 63.0 Å². The largest absolute Gasteiger partial charge is 0.350 e. The second kappa shape index (κ2) is 5.03. The van der Waals surface area contributed by atoms with Crippen molar-refractivity contribution in [2.45, 2.75) is 20.8 Å². The van der Waals surface area contributed by atoms with E-state index >= 15 is 0 Å². The van der Waals surface area contributed by atoms with Gasteiger partial charge in [0.05, 0.1) is 6.34 Å². The van der Waals surface area contributed by atoms with Gasteiger partial charge in [-0.3, -0.25) is 4.99 Å². The fraction of sp³-hybridized carbons (Fsp3) is 0.625. The van der Waals surface area contributed by atoms with E-state index in [1.54, 1.807) is 13.4 Å². The van der Waals surface area contributed by atoms with Crippen LogP contribution in [0.5, 0.6) is 0 Å². The van der Waals surface area contributed by atoms with E-state index in [9.17, 15) is 0 Å². The highest BCUT2D eigenvalue weighted by Crippen LogP contribution is 2.03. The molecule has 0 aliphatic heterocycles. The van der Waals surface area contributed by atoms with Gasteiger partial charge in [0, 0.05) is 12.7 Å². The number of hydrogen-bond acceptors (Lipinski definition) is 1. The zero-order valence-electron chi connectivity index (χ0n) is 7.18. The molecule has 0 fully saturated rings. The van der Waals surface area contributed by atoms with Gasteiger partial charge in [0.1, 0.15) is 0 Å². The Hall–Kier alpha value is -0.790. The van der Waals surface area contributed by atoms with Gasteiger partial charge in [0.15, 0.2) is 0 Å². The number of hydrogen-bond donors (Lipinski definition) is 1. The quantitative estimate of drug-likeness (QED) is 0.469. The zero-order valence-corrected chi connectivity index (χ0v) is 7.18. The summed E-state index contributed by atoms with van der Waals surface area (Å²) in [7, 11) is 1.75. The van der Waals surface area contributed by atoms with Crippen LogP contribution in [0.1, 0.15) is 20.8 Å². The standard InChI is InChI=1S/C8H16N2/c1-5-8(7(2)3)10-6-9-4/h5-7H,1-4H3,(H,9,10)/b8-5-. The minimum atomic E-state index is 0.544. The van der Waals surface area contributed by atoms with E-state index in [1.165, 1.54) is 5.70 Å². The first-order valence-electron chi connectivity index (χ1n) is 3.55. The summed E-state index contributed by atoms with van der Waals surface area (Å²) >= 11 is 0. The Kier molecular flexibility index (Phi) is 4.63. The Morgan fingerprint density at radius 2 is 2.10 bits per heavy atom. The molecule has 58 valence electrons. The van der Waals surface area contributed by atoms with Gasteiger partial charge in [-0.15, -0.1) is 0 Å².